The molecule has 1 N–H and O–H groups in total. The molecule has 0 amide bonds. The van der Waals surface area contributed by atoms with Crippen LogP contribution in [0.4, 0.5) is 5.69 Å². The number of rotatable bonds is 4. The smallest absolute Gasteiger partial charge is 0.132 e. The van der Waals surface area contributed by atoms with E-state index in [0.29, 0.717) is 5.15 Å². The molecule has 0 fully saturated rings. The number of ether oxygens (including phenoxy) is 1. The predicted molar refractivity (Wildman–Crippen MR) is 83.8 cm³/mol. The second-order valence-corrected chi connectivity index (χ2v) is 5.30. The van der Waals surface area contributed by atoms with Crippen LogP contribution >= 0.6 is 11.6 Å². The van der Waals surface area contributed by atoms with Gasteiger partial charge >= 0.3 is 0 Å². The molecule has 20 heavy (non-hydrogen) atoms. The third-order valence-electron chi connectivity index (χ3n) is 3.25. The Bertz CT molecular complexity index is 613. The number of hydrogen-bond donors (Lipinski definition) is 1. The van der Waals surface area contributed by atoms with Gasteiger partial charge in [0.05, 0.1) is 25.0 Å². The zero-order valence-corrected chi connectivity index (χ0v) is 13.0. The summed E-state index contributed by atoms with van der Waals surface area (Å²) in [5.74, 6) is 0.892. The van der Waals surface area contributed by atoms with Crippen LogP contribution in [0.2, 0.25) is 5.15 Å². The van der Waals surface area contributed by atoms with Gasteiger partial charge in [0.2, 0.25) is 0 Å². The van der Waals surface area contributed by atoms with Crippen LogP contribution in [0, 0.1) is 13.8 Å². The van der Waals surface area contributed by atoms with E-state index in [0.717, 1.165) is 22.6 Å². The highest BCUT2D eigenvalue weighted by Gasteiger charge is 2.12. The summed E-state index contributed by atoms with van der Waals surface area (Å²) in [5, 5.41) is 3.96. The van der Waals surface area contributed by atoms with Crippen LogP contribution < -0.4 is 10.1 Å². The van der Waals surface area contributed by atoms with E-state index in [1.807, 2.05) is 19.1 Å². The molecule has 0 bridgehead atoms. The van der Waals surface area contributed by atoms with Crippen molar-refractivity contribution in [2.24, 2.45) is 0 Å². The molecule has 0 radical (unpaired) electrons. The van der Waals surface area contributed by atoms with Gasteiger partial charge in [-0.3, -0.25) is 0 Å². The number of aromatic nitrogens is 1. The first-order valence-electron chi connectivity index (χ1n) is 6.54. The minimum absolute atomic E-state index is 0.118. The standard InChI is InChI=1S/C16H19ClN2O/c1-10-5-6-14(15(7-10)20-4)12(3)19-13-8-11(2)16(17)18-9-13/h5-9,12,19H,1-4H3. The van der Waals surface area contributed by atoms with E-state index in [4.69, 9.17) is 16.3 Å². The van der Waals surface area contributed by atoms with Crippen molar-refractivity contribution in [3.05, 3.63) is 52.3 Å². The van der Waals surface area contributed by atoms with Gasteiger partial charge in [0.25, 0.3) is 0 Å². The van der Waals surface area contributed by atoms with E-state index in [9.17, 15) is 0 Å². The molecule has 0 aliphatic carbocycles. The van der Waals surface area contributed by atoms with Gasteiger partial charge in [-0.25, -0.2) is 4.98 Å². The minimum atomic E-state index is 0.118. The van der Waals surface area contributed by atoms with Crippen LogP contribution in [-0.2, 0) is 0 Å². The van der Waals surface area contributed by atoms with Crippen LogP contribution in [0.15, 0.2) is 30.5 Å². The molecule has 1 heterocycles. The fraction of sp³-hybridized carbons (Fsp3) is 0.312. The Hall–Kier alpha value is -1.74. The average Bonchev–Trinajstić information content (AvgIpc) is 2.42. The zero-order chi connectivity index (χ0) is 14.7. The number of anilines is 1. The molecule has 0 spiro atoms. The van der Waals surface area contributed by atoms with E-state index >= 15 is 0 Å². The zero-order valence-electron chi connectivity index (χ0n) is 12.2. The first-order valence-corrected chi connectivity index (χ1v) is 6.92. The maximum absolute atomic E-state index is 5.94. The minimum Gasteiger partial charge on any atom is -0.496 e. The normalized spacial score (nSPS) is 12.1. The van der Waals surface area contributed by atoms with Gasteiger partial charge < -0.3 is 10.1 Å². The Morgan fingerprint density at radius 2 is 2.00 bits per heavy atom. The van der Waals surface area contributed by atoms with Gasteiger partial charge in [-0.15, -0.1) is 0 Å². The molecule has 3 nitrogen and oxygen atoms in total. The Balaban J connectivity index is 2.23. The Morgan fingerprint density at radius 3 is 2.65 bits per heavy atom. The van der Waals surface area contributed by atoms with Gasteiger partial charge in [0.15, 0.2) is 0 Å². The summed E-state index contributed by atoms with van der Waals surface area (Å²) in [6, 6.07) is 8.32. The van der Waals surface area contributed by atoms with E-state index in [1.54, 1.807) is 13.3 Å². The molecule has 1 aromatic heterocycles. The number of pyridine rings is 1. The van der Waals surface area contributed by atoms with Gasteiger partial charge in [-0.1, -0.05) is 23.7 Å². The van der Waals surface area contributed by atoms with Crippen LogP contribution in [0.1, 0.15) is 29.7 Å². The molecule has 1 unspecified atom stereocenters. The Labute approximate surface area is 124 Å². The van der Waals surface area contributed by atoms with Crippen LogP contribution in [-0.4, -0.2) is 12.1 Å². The lowest BCUT2D eigenvalue weighted by Crippen LogP contribution is -2.08. The molecule has 1 aromatic carbocycles. The summed E-state index contributed by atoms with van der Waals surface area (Å²) in [5.41, 5.74) is 4.20. The molecule has 2 rings (SSSR count). The molecule has 0 saturated carbocycles. The van der Waals surface area contributed by atoms with E-state index < -0.39 is 0 Å². The SMILES string of the molecule is COc1cc(C)ccc1C(C)Nc1cnc(Cl)c(C)c1. The lowest BCUT2D eigenvalue weighted by molar-refractivity contribution is 0.407. The first kappa shape index (κ1) is 14.7. The van der Waals surface area contributed by atoms with Crippen molar-refractivity contribution in [3.63, 3.8) is 0 Å². The maximum Gasteiger partial charge on any atom is 0.132 e. The van der Waals surface area contributed by atoms with Crippen molar-refractivity contribution in [1.82, 2.24) is 4.98 Å². The van der Waals surface area contributed by atoms with E-state index in [2.05, 4.69) is 36.3 Å². The van der Waals surface area contributed by atoms with Crippen LogP contribution in [0.25, 0.3) is 0 Å². The van der Waals surface area contributed by atoms with Crippen molar-refractivity contribution >= 4 is 17.3 Å². The number of nitrogens with one attached hydrogen (secondary N) is 1. The van der Waals surface area contributed by atoms with Crippen molar-refractivity contribution in [2.45, 2.75) is 26.8 Å². The molecule has 4 heteroatoms. The molecular weight excluding hydrogens is 272 g/mol. The van der Waals surface area contributed by atoms with E-state index in [-0.39, 0.29) is 6.04 Å². The Morgan fingerprint density at radius 1 is 1.25 bits per heavy atom. The lowest BCUT2D eigenvalue weighted by atomic mass is 10.0. The summed E-state index contributed by atoms with van der Waals surface area (Å²) < 4.78 is 5.45. The molecule has 0 saturated heterocycles. The molecule has 0 aliphatic rings. The number of benzene rings is 1. The van der Waals surface area contributed by atoms with Crippen molar-refractivity contribution < 1.29 is 4.74 Å². The summed E-state index contributed by atoms with van der Waals surface area (Å²) in [6.45, 7) is 6.09. The highest BCUT2D eigenvalue weighted by molar-refractivity contribution is 6.30. The highest BCUT2D eigenvalue weighted by Crippen LogP contribution is 2.29. The Kier molecular flexibility index (Phi) is 4.50. The first-order chi connectivity index (χ1) is 9.51. The molecule has 1 atom stereocenters. The van der Waals surface area contributed by atoms with E-state index in [1.165, 1.54) is 5.56 Å². The number of nitrogens with zero attached hydrogens (tertiary/aromatic N) is 1. The van der Waals surface area contributed by atoms with Gasteiger partial charge in [-0.2, -0.15) is 0 Å². The summed E-state index contributed by atoms with van der Waals surface area (Å²) in [4.78, 5) is 4.15. The van der Waals surface area contributed by atoms with Crippen LogP contribution in [0.3, 0.4) is 0 Å². The molecule has 0 aliphatic heterocycles. The largest absolute Gasteiger partial charge is 0.496 e. The summed E-state index contributed by atoms with van der Waals surface area (Å²) >= 11 is 5.94. The van der Waals surface area contributed by atoms with Crippen molar-refractivity contribution in [3.8, 4) is 5.75 Å². The predicted octanol–water partition coefficient (Wildman–Crippen LogP) is 4.53. The number of methoxy groups -OCH3 is 1. The third kappa shape index (κ3) is 3.23. The number of halogens is 1. The molecule has 106 valence electrons. The monoisotopic (exact) mass is 290 g/mol. The topological polar surface area (TPSA) is 34.1 Å². The lowest BCUT2D eigenvalue weighted by Gasteiger charge is -2.19. The van der Waals surface area contributed by atoms with Gasteiger partial charge in [0.1, 0.15) is 10.9 Å². The third-order valence-corrected chi connectivity index (χ3v) is 3.65. The van der Waals surface area contributed by atoms with Gasteiger partial charge in [0, 0.05) is 5.56 Å². The van der Waals surface area contributed by atoms with Gasteiger partial charge in [-0.05, 0) is 44.0 Å². The number of aryl methyl sites for hydroxylation is 2. The second-order valence-electron chi connectivity index (χ2n) is 4.94. The number of hydrogen-bond acceptors (Lipinski definition) is 3. The quantitative estimate of drug-likeness (QED) is 0.840. The summed E-state index contributed by atoms with van der Waals surface area (Å²) in [7, 11) is 1.69. The van der Waals surface area contributed by atoms with Crippen LogP contribution in [0.5, 0.6) is 5.75 Å². The maximum atomic E-state index is 5.94. The average molecular weight is 291 g/mol. The molecule has 2 aromatic rings. The van der Waals surface area contributed by atoms with Crippen molar-refractivity contribution in [1.29, 1.82) is 0 Å². The fourth-order valence-corrected chi connectivity index (χ4v) is 2.24. The highest BCUT2D eigenvalue weighted by atomic mass is 35.5. The summed E-state index contributed by atoms with van der Waals surface area (Å²) in [6.07, 6.45) is 1.74. The second kappa shape index (κ2) is 6.14. The molecular formula is C16H19ClN2O. The van der Waals surface area contributed by atoms with Crippen molar-refractivity contribution in [2.75, 3.05) is 12.4 Å². The fourth-order valence-electron chi connectivity index (χ4n) is 2.14.